The topological polar surface area (TPSA) is 45.2 Å². The molecular formula is C24H29N3OS. The number of thiazole rings is 1. The van der Waals surface area contributed by atoms with Crippen LogP contribution in [0, 0.1) is 0 Å². The molecule has 1 N–H and O–H groups in total. The molecule has 29 heavy (non-hydrogen) atoms. The second-order valence-electron chi connectivity index (χ2n) is 8.01. The first-order valence-corrected chi connectivity index (χ1v) is 11.4. The minimum absolute atomic E-state index is 0.0826. The summed E-state index contributed by atoms with van der Waals surface area (Å²) in [5.41, 5.74) is 3.28. The van der Waals surface area contributed by atoms with Crippen molar-refractivity contribution in [3.05, 3.63) is 59.1 Å². The summed E-state index contributed by atoms with van der Waals surface area (Å²) in [5, 5.41) is 4.39. The number of rotatable bonds is 6. The number of carbonyl (C=O) groups is 1. The largest absolute Gasteiger partial charge is 0.325 e. The van der Waals surface area contributed by atoms with Gasteiger partial charge in [-0.3, -0.25) is 9.69 Å². The van der Waals surface area contributed by atoms with E-state index in [1.165, 1.54) is 15.3 Å². The Bertz CT molecular complexity index is 942. The summed E-state index contributed by atoms with van der Waals surface area (Å²) < 4.78 is 1.27. The van der Waals surface area contributed by atoms with E-state index in [2.05, 4.69) is 48.3 Å². The van der Waals surface area contributed by atoms with E-state index in [0.29, 0.717) is 18.4 Å². The van der Waals surface area contributed by atoms with Crippen LogP contribution in [0.2, 0.25) is 0 Å². The summed E-state index contributed by atoms with van der Waals surface area (Å²) in [6.45, 7) is 6.74. The maximum atomic E-state index is 12.6. The summed E-state index contributed by atoms with van der Waals surface area (Å²) in [4.78, 5) is 19.8. The molecule has 5 heteroatoms. The molecule has 1 atom stereocenters. The van der Waals surface area contributed by atoms with Crippen LogP contribution in [0.5, 0.6) is 0 Å². The summed E-state index contributed by atoms with van der Waals surface area (Å²) >= 11 is 1.82. The number of aromatic nitrogens is 1. The Hall–Kier alpha value is -2.24. The fourth-order valence-electron chi connectivity index (χ4n) is 4.06. The van der Waals surface area contributed by atoms with Crippen molar-refractivity contribution in [3.63, 3.8) is 0 Å². The van der Waals surface area contributed by atoms with Gasteiger partial charge in [0.25, 0.3) is 0 Å². The van der Waals surface area contributed by atoms with Crippen LogP contribution in [-0.2, 0) is 4.79 Å². The van der Waals surface area contributed by atoms with Crippen LogP contribution in [0.3, 0.4) is 0 Å². The van der Waals surface area contributed by atoms with E-state index in [9.17, 15) is 4.79 Å². The number of hydrogen-bond acceptors (Lipinski definition) is 4. The molecule has 1 amide bonds. The number of nitrogens with one attached hydrogen (secondary N) is 1. The van der Waals surface area contributed by atoms with Gasteiger partial charge in [-0.1, -0.05) is 44.2 Å². The highest BCUT2D eigenvalue weighted by Crippen LogP contribution is 2.33. The average Bonchev–Trinajstić information content (AvgIpc) is 3.18. The molecule has 2 heterocycles. The van der Waals surface area contributed by atoms with Gasteiger partial charge in [0, 0.05) is 11.6 Å². The Morgan fingerprint density at radius 3 is 2.66 bits per heavy atom. The Labute approximate surface area is 177 Å². The lowest BCUT2D eigenvalue weighted by atomic mass is 9.96. The Kier molecular flexibility index (Phi) is 6.26. The number of likely N-dealkylation sites (tertiary alicyclic amines) is 1. The van der Waals surface area contributed by atoms with Gasteiger partial charge in [0.1, 0.15) is 0 Å². The number of fused-ring (bicyclic) bond motifs is 1. The number of para-hydroxylation sites is 2. The lowest BCUT2D eigenvalue weighted by Crippen LogP contribution is -2.38. The molecule has 4 rings (SSSR count). The zero-order valence-electron chi connectivity index (χ0n) is 17.2. The Morgan fingerprint density at radius 1 is 1.17 bits per heavy atom. The van der Waals surface area contributed by atoms with Crippen molar-refractivity contribution in [1.82, 2.24) is 9.88 Å². The molecule has 1 aliphatic rings. The Morgan fingerprint density at radius 2 is 1.90 bits per heavy atom. The highest BCUT2D eigenvalue weighted by atomic mass is 32.1. The van der Waals surface area contributed by atoms with Gasteiger partial charge in [-0.2, -0.15) is 0 Å². The van der Waals surface area contributed by atoms with Crippen LogP contribution >= 0.6 is 11.3 Å². The number of amides is 1. The number of benzene rings is 2. The maximum Gasteiger partial charge on any atom is 0.238 e. The quantitative estimate of drug-likeness (QED) is 0.576. The van der Waals surface area contributed by atoms with Crippen LogP contribution in [0.15, 0.2) is 48.5 Å². The number of nitrogens with zero attached hydrogens (tertiary/aromatic N) is 2. The molecular weight excluding hydrogens is 378 g/mol. The van der Waals surface area contributed by atoms with Gasteiger partial charge >= 0.3 is 0 Å². The third kappa shape index (κ3) is 4.68. The molecule has 1 saturated heterocycles. The highest BCUT2D eigenvalue weighted by molar-refractivity contribution is 7.18. The second kappa shape index (κ2) is 9.06. The summed E-state index contributed by atoms with van der Waals surface area (Å²) in [7, 11) is 0. The number of anilines is 1. The van der Waals surface area contributed by atoms with E-state index in [1.807, 2.05) is 35.6 Å². The SMILES string of the molecule is CC[C@@H](C)c1ccccc1NC(=O)CN1CCC(c2nc3ccccc3s2)CC1. The second-order valence-corrected chi connectivity index (χ2v) is 9.08. The summed E-state index contributed by atoms with van der Waals surface area (Å²) in [6.07, 6.45) is 3.19. The average molecular weight is 408 g/mol. The van der Waals surface area contributed by atoms with Crippen molar-refractivity contribution in [2.24, 2.45) is 0 Å². The van der Waals surface area contributed by atoms with Crippen LogP contribution in [0.25, 0.3) is 10.2 Å². The fraction of sp³-hybridized carbons (Fsp3) is 0.417. The molecule has 1 aliphatic heterocycles. The van der Waals surface area contributed by atoms with Crippen molar-refractivity contribution >= 4 is 33.1 Å². The van der Waals surface area contributed by atoms with Gasteiger partial charge in [-0.25, -0.2) is 4.98 Å². The minimum atomic E-state index is 0.0826. The van der Waals surface area contributed by atoms with Crippen LogP contribution in [-0.4, -0.2) is 35.4 Å². The van der Waals surface area contributed by atoms with Crippen molar-refractivity contribution in [2.45, 2.75) is 44.9 Å². The molecule has 1 fully saturated rings. The molecule has 0 spiro atoms. The fourth-order valence-corrected chi connectivity index (χ4v) is 5.19. The van der Waals surface area contributed by atoms with Crippen molar-refractivity contribution < 1.29 is 4.79 Å². The monoisotopic (exact) mass is 407 g/mol. The molecule has 0 radical (unpaired) electrons. The predicted octanol–water partition coefficient (Wildman–Crippen LogP) is 5.63. The lowest BCUT2D eigenvalue weighted by molar-refractivity contribution is -0.117. The van der Waals surface area contributed by atoms with E-state index >= 15 is 0 Å². The van der Waals surface area contributed by atoms with Gasteiger partial charge in [0.2, 0.25) is 5.91 Å². The van der Waals surface area contributed by atoms with Crippen molar-refractivity contribution in [2.75, 3.05) is 25.0 Å². The Balaban J connectivity index is 1.32. The van der Waals surface area contributed by atoms with Crippen molar-refractivity contribution in [3.8, 4) is 0 Å². The van der Waals surface area contributed by atoms with E-state index in [0.717, 1.165) is 43.6 Å². The first-order valence-electron chi connectivity index (χ1n) is 10.6. The van der Waals surface area contributed by atoms with Gasteiger partial charge in [0.15, 0.2) is 0 Å². The molecule has 3 aromatic rings. The minimum Gasteiger partial charge on any atom is -0.325 e. The van der Waals surface area contributed by atoms with E-state index in [1.54, 1.807) is 0 Å². The molecule has 0 unspecified atom stereocenters. The number of carbonyl (C=O) groups excluding carboxylic acids is 1. The zero-order valence-corrected chi connectivity index (χ0v) is 18.0. The lowest BCUT2D eigenvalue weighted by Gasteiger charge is -2.30. The van der Waals surface area contributed by atoms with Gasteiger partial charge in [-0.15, -0.1) is 11.3 Å². The first-order chi connectivity index (χ1) is 14.1. The molecule has 4 nitrogen and oxygen atoms in total. The third-order valence-electron chi connectivity index (χ3n) is 5.99. The smallest absolute Gasteiger partial charge is 0.238 e. The summed E-state index contributed by atoms with van der Waals surface area (Å²) in [6, 6.07) is 16.5. The summed E-state index contributed by atoms with van der Waals surface area (Å²) in [5.74, 6) is 1.04. The molecule has 1 aromatic heterocycles. The third-order valence-corrected chi connectivity index (χ3v) is 7.19. The van der Waals surface area contributed by atoms with Crippen LogP contribution in [0.4, 0.5) is 5.69 Å². The first kappa shape index (κ1) is 20.0. The number of hydrogen-bond donors (Lipinski definition) is 1. The van der Waals surface area contributed by atoms with Gasteiger partial charge in [-0.05, 0) is 62.0 Å². The van der Waals surface area contributed by atoms with Gasteiger partial charge < -0.3 is 5.32 Å². The molecule has 152 valence electrons. The van der Waals surface area contributed by atoms with Crippen molar-refractivity contribution in [1.29, 1.82) is 0 Å². The van der Waals surface area contributed by atoms with E-state index in [-0.39, 0.29) is 5.91 Å². The predicted molar refractivity (Wildman–Crippen MR) is 122 cm³/mol. The highest BCUT2D eigenvalue weighted by Gasteiger charge is 2.24. The number of piperidine rings is 1. The van der Waals surface area contributed by atoms with Gasteiger partial charge in [0.05, 0.1) is 21.8 Å². The molecule has 0 saturated carbocycles. The standard InChI is InChI=1S/C24H29N3OS/c1-3-17(2)19-8-4-5-9-20(19)25-23(28)16-27-14-12-18(13-15-27)24-26-21-10-6-7-11-22(21)29-24/h4-11,17-18H,3,12-16H2,1-2H3,(H,25,28)/t17-/m1/s1. The van der Waals surface area contributed by atoms with E-state index < -0.39 is 0 Å². The maximum absolute atomic E-state index is 12.6. The molecule has 0 aliphatic carbocycles. The van der Waals surface area contributed by atoms with Crippen LogP contribution < -0.4 is 5.32 Å². The van der Waals surface area contributed by atoms with Crippen LogP contribution in [0.1, 0.15) is 55.5 Å². The normalized spacial score (nSPS) is 16.8. The molecule has 2 aromatic carbocycles. The molecule has 0 bridgehead atoms. The van der Waals surface area contributed by atoms with E-state index in [4.69, 9.17) is 4.98 Å². The zero-order chi connectivity index (χ0) is 20.2.